The predicted octanol–water partition coefficient (Wildman–Crippen LogP) is 1.94. The number of carbonyl (C=O) groups is 1. The van der Waals surface area contributed by atoms with E-state index in [4.69, 9.17) is 4.74 Å². The Bertz CT molecular complexity index is 1070. The van der Waals surface area contributed by atoms with Crippen molar-refractivity contribution in [2.24, 2.45) is 0 Å². The lowest BCUT2D eigenvalue weighted by molar-refractivity contribution is 0.00836. The summed E-state index contributed by atoms with van der Waals surface area (Å²) in [5.74, 6) is 0.805. The summed E-state index contributed by atoms with van der Waals surface area (Å²) < 4.78 is 5.38. The first-order valence-corrected chi connectivity index (χ1v) is 9.77. The number of aromatic amines is 1. The van der Waals surface area contributed by atoms with Crippen LogP contribution in [0.3, 0.4) is 0 Å². The molecule has 3 aromatic rings. The Morgan fingerprint density at radius 2 is 2.17 bits per heavy atom. The van der Waals surface area contributed by atoms with Gasteiger partial charge in [-0.25, -0.2) is 0 Å². The molecule has 1 fully saturated rings. The van der Waals surface area contributed by atoms with Gasteiger partial charge in [-0.15, -0.1) is 0 Å². The molecule has 4 heterocycles. The number of methoxy groups -OCH3 is 1. The minimum atomic E-state index is -0.152. The van der Waals surface area contributed by atoms with E-state index < -0.39 is 0 Å². The zero-order valence-electron chi connectivity index (χ0n) is 16.6. The van der Waals surface area contributed by atoms with Crippen molar-refractivity contribution in [2.75, 3.05) is 40.4 Å². The quantitative estimate of drug-likeness (QED) is 0.712. The van der Waals surface area contributed by atoms with Crippen LogP contribution in [0.2, 0.25) is 0 Å². The van der Waals surface area contributed by atoms with Gasteiger partial charge in [0, 0.05) is 60.1 Å². The zero-order valence-corrected chi connectivity index (χ0v) is 16.6. The molecule has 5 rings (SSSR count). The normalized spacial score (nSPS) is 20.5. The second-order valence-electron chi connectivity index (χ2n) is 8.12. The highest BCUT2D eigenvalue weighted by molar-refractivity contribution is 5.95. The van der Waals surface area contributed by atoms with Gasteiger partial charge in [0.2, 0.25) is 0 Å². The molecule has 2 aliphatic rings. The fraction of sp³-hybridized carbons (Fsp3) is 0.364. The Morgan fingerprint density at radius 3 is 2.86 bits per heavy atom. The molecule has 29 heavy (non-hydrogen) atoms. The molecule has 2 aromatic heterocycles. The lowest BCUT2D eigenvalue weighted by Gasteiger charge is -2.55. The van der Waals surface area contributed by atoms with Crippen LogP contribution in [0.15, 0.2) is 42.7 Å². The Hall–Kier alpha value is -2.90. The number of hydrogen-bond donors (Lipinski definition) is 2. The summed E-state index contributed by atoms with van der Waals surface area (Å²) in [6.07, 6.45) is 3.29. The number of carbonyl (C=O) groups excluding carboxylic acids is 1. The molecule has 1 atom stereocenters. The minimum absolute atomic E-state index is 0.0127. The van der Waals surface area contributed by atoms with Crippen molar-refractivity contribution in [1.29, 1.82) is 0 Å². The third-order valence-electron chi connectivity index (χ3n) is 6.34. The average molecular weight is 392 g/mol. The van der Waals surface area contributed by atoms with E-state index in [0.717, 1.165) is 28.9 Å². The van der Waals surface area contributed by atoms with Crippen LogP contribution in [0.4, 0.5) is 0 Å². The van der Waals surface area contributed by atoms with Gasteiger partial charge in [-0.1, -0.05) is 0 Å². The molecule has 1 amide bonds. The van der Waals surface area contributed by atoms with Crippen LogP contribution in [0.1, 0.15) is 27.7 Å². The number of ether oxygens (including phenoxy) is 1. The minimum Gasteiger partial charge on any atom is -0.497 e. The van der Waals surface area contributed by atoms with Crippen molar-refractivity contribution in [3.05, 3.63) is 59.5 Å². The van der Waals surface area contributed by atoms with Crippen LogP contribution in [0.5, 0.6) is 5.75 Å². The van der Waals surface area contributed by atoms with E-state index in [0.29, 0.717) is 18.7 Å². The van der Waals surface area contributed by atoms with Crippen LogP contribution >= 0.6 is 0 Å². The highest BCUT2D eigenvalue weighted by Crippen LogP contribution is 2.48. The predicted molar refractivity (Wildman–Crippen MR) is 109 cm³/mol. The SMILES string of the molecule is COc1ccc2c3c([nH]c2c1)[C@@H](CO)N(C)CC31CN(C(=O)c2cccnc2)C1. The number of aliphatic hydroxyl groups is 1. The van der Waals surface area contributed by atoms with Gasteiger partial charge in [-0.2, -0.15) is 0 Å². The van der Waals surface area contributed by atoms with Crippen molar-refractivity contribution in [2.45, 2.75) is 11.5 Å². The van der Waals surface area contributed by atoms with Crippen molar-refractivity contribution in [1.82, 2.24) is 19.8 Å². The van der Waals surface area contributed by atoms with Crippen LogP contribution in [0, 0.1) is 0 Å². The molecule has 0 aliphatic carbocycles. The lowest BCUT2D eigenvalue weighted by atomic mass is 9.68. The van der Waals surface area contributed by atoms with Gasteiger partial charge in [-0.05, 0) is 36.9 Å². The molecule has 0 saturated carbocycles. The summed E-state index contributed by atoms with van der Waals surface area (Å²) in [6, 6.07) is 9.54. The van der Waals surface area contributed by atoms with Crippen LogP contribution < -0.4 is 4.74 Å². The maximum Gasteiger partial charge on any atom is 0.255 e. The van der Waals surface area contributed by atoms with Gasteiger partial charge in [0.05, 0.1) is 25.3 Å². The summed E-state index contributed by atoms with van der Waals surface area (Å²) in [7, 11) is 3.69. The number of rotatable bonds is 3. The Morgan fingerprint density at radius 1 is 1.34 bits per heavy atom. The molecule has 0 bridgehead atoms. The van der Waals surface area contributed by atoms with Gasteiger partial charge in [-0.3, -0.25) is 14.7 Å². The van der Waals surface area contributed by atoms with Gasteiger partial charge >= 0.3 is 0 Å². The molecule has 2 N–H and O–H groups in total. The number of nitrogens with zero attached hydrogens (tertiary/aromatic N) is 3. The second kappa shape index (κ2) is 6.57. The third kappa shape index (κ3) is 2.65. The number of amides is 1. The van der Waals surface area contributed by atoms with Crippen LogP contribution in [0.25, 0.3) is 10.9 Å². The van der Waals surface area contributed by atoms with Gasteiger partial charge < -0.3 is 19.7 Å². The molecule has 1 saturated heterocycles. The number of aliphatic hydroxyl groups excluding tert-OH is 1. The molecule has 1 spiro atoms. The first-order chi connectivity index (χ1) is 14.1. The highest BCUT2D eigenvalue weighted by atomic mass is 16.5. The largest absolute Gasteiger partial charge is 0.497 e. The fourth-order valence-electron chi connectivity index (χ4n) is 5.02. The summed E-state index contributed by atoms with van der Waals surface area (Å²) in [5.41, 5.74) is 3.73. The van der Waals surface area contributed by atoms with Gasteiger partial charge in [0.15, 0.2) is 0 Å². The maximum atomic E-state index is 12.9. The summed E-state index contributed by atoms with van der Waals surface area (Å²) >= 11 is 0. The highest BCUT2D eigenvalue weighted by Gasteiger charge is 2.53. The molecule has 7 nitrogen and oxygen atoms in total. The topological polar surface area (TPSA) is 81.7 Å². The standard InChI is InChI=1S/C22H24N4O3/c1-25-11-22(12-26(13-22)21(28)14-4-3-7-23-9-14)19-16-6-5-15(29-2)8-17(16)24-20(19)18(25)10-27/h3-9,18,24,27H,10-13H2,1-2H3/t18-/m1/s1. The first-order valence-electron chi connectivity index (χ1n) is 9.77. The number of H-pyrrole nitrogens is 1. The number of likely N-dealkylation sites (N-methyl/N-ethyl adjacent to an activating group) is 1. The number of fused-ring (bicyclic) bond motifs is 4. The van der Waals surface area contributed by atoms with Crippen molar-refractivity contribution in [3.8, 4) is 5.75 Å². The molecular formula is C22H24N4O3. The molecular weight excluding hydrogens is 368 g/mol. The zero-order chi connectivity index (χ0) is 20.2. The Balaban J connectivity index is 1.55. The number of hydrogen-bond acceptors (Lipinski definition) is 5. The molecule has 1 aromatic carbocycles. The number of nitrogens with one attached hydrogen (secondary N) is 1. The van der Waals surface area contributed by atoms with E-state index in [9.17, 15) is 9.90 Å². The van der Waals surface area contributed by atoms with Gasteiger partial charge in [0.25, 0.3) is 5.91 Å². The van der Waals surface area contributed by atoms with E-state index in [1.165, 1.54) is 5.56 Å². The Kier molecular flexibility index (Phi) is 4.11. The number of pyridine rings is 1. The summed E-state index contributed by atoms with van der Waals surface area (Å²) in [6.45, 7) is 2.13. The molecule has 0 unspecified atom stereocenters. The van der Waals surface area contributed by atoms with Crippen LogP contribution in [-0.2, 0) is 5.41 Å². The smallest absolute Gasteiger partial charge is 0.255 e. The molecule has 7 heteroatoms. The maximum absolute atomic E-state index is 12.9. The fourth-order valence-corrected chi connectivity index (χ4v) is 5.02. The van der Waals surface area contributed by atoms with E-state index in [1.807, 2.05) is 24.1 Å². The van der Waals surface area contributed by atoms with Crippen molar-refractivity contribution in [3.63, 3.8) is 0 Å². The average Bonchev–Trinajstić information content (AvgIpc) is 3.10. The first kappa shape index (κ1) is 18.1. The Labute approximate surface area is 168 Å². The van der Waals surface area contributed by atoms with E-state index in [-0.39, 0.29) is 24.0 Å². The monoisotopic (exact) mass is 392 g/mol. The van der Waals surface area contributed by atoms with Gasteiger partial charge in [0.1, 0.15) is 5.75 Å². The summed E-state index contributed by atoms with van der Waals surface area (Å²) in [5, 5.41) is 11.2. The van der Waals surface area contributed by atoms with E-state index >= 15 is 0 Å². The summed E-state index contributed by atoms with van der Waals surface area (Å²) in [4.78, 5) is 24.5. The second-order valence-corrected chi connectivity index (χ2v) is 8.12. The number of aromatic nitrogens is 2. The van der Waals surface area contributed by atoms with E-state index in [2.05, 4.69) is 20.9 Å². The molecule has 2 aliphatic heterocycles. The molecule has 0 radical (unpaired) electrons. The van der Waals surface area contributed by atoms with Crippen LogP contribution in [-0.4, -0.2) is 71.2 Å². The lowest BCUT2D eigenvalue weighted by Crippen LogP contribution is -2.67. The number of benzene rings is 1. The molecule has 150 valence electrons. The van der Waals surface area contributed by atoms with E-state index in [1.54, 1.807) is 31.6 Å². The van der Waals surface area contributed by atoms with Crippen molar-refractivity contribution < 1.29 is 14.6 Å². The van der Waals surface area contributed by atoms with Crippen molar-refractivity contribution >= 4 is 16.8 Å². The number of likely N-dealkylation sites (tertiary alicyclic amines) is 1. The third-order valence-corrected chi connectivity index (χ3v) is 6.34.